The van der Waals surface area contributed by atoms with Crippen LogP contribution >= 0.6 is 0 Å². The second kappa shape index (κ2) is 6.91. The number of aromatic amines is 1. The van der Waals surface area contributed by atoms with E-state index in [0.717, 1.165) is 11.4 Å². The number of hydrogen-bond acceptors (Lipinski definition) is 5. The minimum Gasteiger partial charge on any atom is -0.378 e. The molecule has 0 unspecified atom stereocenters. The molecule has 0 spiro atoms. The Morgan fingerprint density at radius 2 is 2.22 bits per heavy atom. The van der Waals surface area contributed by atoms with Crippen molar-refractivity contribution in [1.29, 1.82) is 0 Å². The average Bonchev–Trinajstić information content (AvgIpc) is 3.07. The standard InChI is InChI=1S/C15H24N6O2/c1-10(7-21-8-13(19-20-21)15(2,3)4)16-14(22)12-6-11(9-23-5)17-18-12/h6,8,10H,7,9H2,1-5H3,(H,16,22)(H,17,18)/t10-/m0/s1. The van der Waals surface area contributed by atoms with Crippen LogP contribution in [0.1, 0.15) is 49.6 Å². The first-order valence-corrected chi connectivity index (χ1v) is 7.54. The molecule has 0 radical (unpaired) electrons. The molecule has 8 heteroatoms. The quantitative estimate of drug-likeness (QED) is 0.835. The third-order valence-electron chi connectivity index (χ3n) is 3.31. The van der Waals surface area contributed by atoms with Gasteiger partial charge in [0, 0.05) is 24.8 Å². The van der Waals surface area contributed by atoms with Gasteiger partial charge in [-0.25, -0.2) is 0 Å². The maximum atomic E-state index is 12.1. The molecule has 2 aromatic heterocycles. The first kappa shape index (κ1) is 17.1. The zero-order chi connectivity index (χ0) is 17.0. The largest absolute Gasteiger partial charge is 0.378 e. The van der Waals surface area contributed by atoms with Crippen LogP contribution in [0.25, 0.3) is 0 Å². The number of nitrogens with one attached hydrogen (secondary N) is 2. The van der Waals surface area contributed by atoms with Crippen molar-refractivity contribution in [3.05, 3.63) is 29.3 Å². The molecular weight excluding hydrogens is 296 g/mol. The Bertz CT molecular complexity index is 655. The monoisotopic (exact) mass is 320 g/mol. The summed E-state index contributed by atoms with van der Waals surface area (Å²) in [5.74, 6) is -0.229. The van der Waals surface area contributed by atoms with Crippen LogP contribution in [0, 0.1) is 0 Å². The van der Waals surface area contributed by atoms with E-state index in [4.69, 9.17) is 4.74 Å². The van der Waals surface area contributed by atoms with E-state index < -0.39 is 0 Å². The van der Waals surface area contributed by atoms with Crippen molar-refractivity contribution in [2.75, 3.05) is 7.11 Å². The summed E-state index contributed by atoms with van der Waals surface area (Å²) in [6, 6.07) is 1.58. The van der Waals surface area contributed by atoms with E-state index in [1.54, 1.807) is 17.9 Å². The van der Waals surface area contributed by atoms with Crippen molar-refractivity contribution in [3.63, 3.8) is 0 Å². The Labute approximate surface area is 135 Å². The Morgan fingerprint density at radius 3 is 2.83 bits per heavy atom. The third kappa shape index (κ3) is 4.62. The van der Waals surface area contributed by atoms with Crippen molar-refractivity contribution >= 4 is 5.91 Å². The predicted octanol–water partition coefficient (Wildman–Crippen LogP) is 1.26. The summed E-state index contributed by atoms with van der Waals surface area (Å²) in [5, 5.41) is 17.9. The number of hydrogen-bond donors (Lipinski definition) is 2. The Balaban J connectivity index is 1.92. The Hall–Kier alpha value is -2.22. The number of rotatable bonds is 6. The minimum atomic E-state index is -0.229. The molecule has 2 aromatic rings. The van der Waals surface area contributed by atoms with Crippen molar-refractivity contribution < 1.29 is 9.53 Å². The van der Waals surface area contributed by atoms with Gasteiger partial charge in [-0.05, 0) is 13.0 Å². The number of carbonyl (C=O) groups excluding carboxylic acids is 1. The lowest BCUT2D eigenvalue weighted by Gasteiger charge is -2.14. The lowest BCUT2D eigenvalue weighted by molar-refractivity contribution is 0.0930. The smallest absolute Gasteiger partial charge is 0.272 e. The third-order valence-corrected chi connectivity index (χ3v) is 3.31. The zero-order valence-electron chi connectivity index (χ0n) is 14.3. The number of carbonyl (C=O) groups is 1. The van der Waals surface area contributed by atoms with Gasteiger partial charge in [0.05, 0.1) is 24.5 Å². The van der Waals surface area contributed by atoms with Crippen molar-refractivity contribution in [2.24, 2.45) is 0 Å². The number of aromatic nitrogens is 5. The maximum absolute atomic E-state index is 12.1. The molecule has 0 aliphatic rings. The fraction of sp³-hybridized carbons (Fsp3) is 0.600. The number of H-pyrrole nitrogens is 1. The fourth-order valence-electron chi connectivity index (χ4n) is 2.06. The van der Waals surface area contributed by atoms with E-state index in [2.05, 4.69) is 46.6 Å². The molecule has 23 heavy (non-hydrogen) atoms. The molecule has 1 amide bonds. The van der Waals surface area contributed by atoms with Gasteiger partial charge in [0.25, 0.3) is 5.91 Å². The van der Waals surface area contributed by atoms with Crippen molar-refractivity contribution in [2.45, 2.75) is 52.3 Å². The first-order valence-electron chi connectivity index (χ1n) is 7.54. The number of ether oxygens (including phenoxy) is 1. The first-order chi connectivity index (χ1) is 10.8. The molecule has 126 valence electrons. The topological polar surface area (TPSA) is 97.7 Å². The molecule has 0 saturated carbocycles. The van der Waals surface area contributed by atoms with Crippen LogP contribution in [0.5, 0.6) is 0 Å². The van der Waals surface area contributed by atoms with E-state index in [0.29, 0.717) is 18.8 Å². The summed E-state index contributed by atoms with van der Waals surface area (Å²) in [5.41, 5.74) is 1.99. The molecule has 1 atom stereocenters. The van der Waals surface area contributed by atoms with Gasteiger partial charge in [0.2, 0.25) is 0 Å². The summed E-state index contributed by atoms with van der Waals surface area (Å²) in [6.07, 6.45) is 1.91. The molecule has 0 aliphatic heterocycles. The molecule has 2 heterocycles. The average molecular weight is 320 g/mol. The van der Waals surface area contributed by atoms with Crippen LogP contribution in [-0.2, 0) is 23.3 Å². The normalized spacial score (nSPS) is 13.1. The van der Waals surface area contributed by atoms with Crippen molar-refractivity contribution in [3.8, 4) is 0 Å². The SMILES string of the molecule is COCc1cc(C(=O)N[C@@H](C)Cn2cc(C(C)(C)C)nn2)n[nH]1. The molecule has 0 fully saturated rings. The van der Waals surface area contributed by atoms with Crippen LogP contribution in [0.15, 0.2) is 12.3 Å². The van der Waals surface area contributed by atoms with E-state index in [1.165, 1.54) is 0 Å². The van der Waals surface area contributed by atoms with Crippen LogP contribution < -0.4 is 5.32 Å². The number of nitrogens with zero attached hydrogens (tertiary/aromatic N) is 4. The molecule has 0 aliphatic carbocycles. The molecule has 0 bridgehead atoms. The molecule has 2 rings (SSSR count). The molecule has 2 N–H and O–H groups in total. The van der Waals surface area contributed by atoms with Gasteiger partial charge in [-0.1, -0.05) is 26.0 Å². The summed E-state index contributed by atoms with van der Waals surface area (Å²) in [7, 11) is 1.59. The molecule has 0 saturated heterocycles. The highest BCUT2D eigenvalue weighted by Crippen LogP contribution is 2.18. The van der Waals surface area contributed by atoms with Crippen molar-refractivity contribution in [1.82, 2.24) is 30.5 Å². The van der Waals surface area contributed by atoms with E-state index in [1.807, 2.05) is 13.1 Å². The second-order valence-corrected chi connectivity index (χ2v) is 6.66. The summed E-state index contributed by atoms with van der Waals surface area (Å²) in [6.45, 7) is 9.11. The number of methoxy groups -OCH3 is 1. The minimum absolute atomic E-state index is 0.0441. The summed E-state index contributed by atoms with van der Waals surface area (Å²) >= 11 is 0. The number of amides is 1. The van der Waals surface area contributed by atoms with Gasteiger partial charge >= 0.3 is 0 Å². The van der Waals surface area contributed by atoms with E-state index in [-0.39, 0.29) is 17.4 Å². The van der Waals surface area contributed by atoms with Crippen LogP contribution in [-0.4, -0.2) is 44.3 Å². The molecule has 0 aromatic carbocycles. The van der Waals surface area contributed by atoms with Gasteiger partial charge in [0.1, 0.15) is 5.69 Å². The zero-order valence-corrected chi connectivity index (χ0v) is 14.3. The highest BCUT2D eigenvalue weighted by molar-refractivity contribution is 5.92. The summed E-state index contributed by atoms with van der Waals surface area (Å²) in [4.78, 5) is 12.1. The van der Waals surface area contributed by atoms with Crippen LogP contribution in [0.4, 0.5) is 0 Å². The van der Waals surface area contributed by atoms with E-state index >= 15 is 0 Å². The van der Waals surface area contributed by atoms with Crippen LogP contribution in [0.2, 0.25) is 0 Å². The van der Waals surface area contributed by atoms with Gasteiger partial charge in [0.15, 0.2) is 0 Å². The second-order valence-electron chi connectivity index (χ2n) is 6.66. The Morgan fingerprint density at radius 1 is 1.48 bits per heavy atom. The maximum Gasteiger partial charge on any atom is 0.272 e. The lowest BCUT2D eigenvalue weighted by atomic mass is 9.93. The van der Waals surface area contributed by atoms with Crippen LogP contribution in [0.3, 0.4) is 0 Å². The van der Waals surface area contributed by atoms with Gasteiger partial charge in [-0.15, -0.1) is 5.10 Å². The van der Waals surface area contributed by atoms with Gasteiger partial charge in [-0.2, -0.15) is 5.10 Å². The molecular formula is C15H24N6O2. The van der Waals surface area contributed by atoms with Gasteiger partial charge < -0.3 is 10.1 Å². The highest BCUT2D eigenvalue weighted by atomic mass is 16.5. The van der Waals surface area contributed by atoms with Gasteiger partial charge in [-0.3, -0.25) is 14.6 Å². The summed E-state index contributed by atoms with van der Waals surface area (Å²) < 4.78 is 6.73. The predicted molar refractivity (Wildman–Crippen MR) is 85.0 cm³/mol. The lowest BCUT2D eigenvalue weighted by Crippen LogP contribution is -2.36. The van der Waals surface area contributed by atoms with E-state index in [9.17, 15) is 4.79 Å². The highest BCUT2D eigenvalue weighted by Gasteiger charge is 2.19. The molecule has 8 nitrogen and oxygen atoms in total. The fourth-order valence-corrected chi connectivity index (χ4v) is 2.06. The Kier molecular flexibility index (Phi) is 5.15.